The van der Waals surface area contributed by atoms with Gasteiger partial charge in [-0.05, 0) is 45.4 Å². The molecule has 1 aliphatic rings. The summed E-state index contributed by atoms with van der Waals surface area (Å²) in [5.74, 6) is 1.84. The highest BCUT2D eigenvalue weighted by atomic mass is 35.5. The van der Waals surface area contributed by atoms with E-state index in [4.69, 9.17) is 25.8 Å². The van der Waals surface area contributed by atoms with Crippen molar-refractivity contribution < 1.29 is 19.0 Å². The van der Waals surface area contributed by atoms with Crippen molar-refractivity contribution in [3.8, 4) is 17.2 Å². The lowest BCUT2D eigenvalue weighted by atomic mass is 10.1. The van der Waals surface area contributed by atoms with Crippen LogP contribution in [0.2, 0.25) is 5.02 Å². The monoisotopic (exact) mass is 418 g/mol. The van der Waals surface area contributed by atoms with Crippen LogP contribution in [-0.4, -0.2) is 31.8 Å². The molecule has 0 bridgehead atoms. The van der Waals surface area contributed by atoms with Crippen LogP contribution in [0, 0.1) is 6.92 Å². The first-order valence-electron chi connectivity index (χ1n) is 9.70. The number of nitrogens with one attached hydrogen (secondary N) is 2. The maximum atomic E-state index is 12.8. The van der Waals surface area contributed by atoms with Crippen molar-refractivity contribution in [2.75, 3.05) is 24.4 Å². The zero-order valence-corrected chi connectivity index (χ0v) is 18.1. The normalized spacial score (nSPS) is 15.9. The maximum absolute atomic E-state index is 12.8. The van der Waals surface area contributed by atoms with E-state index in [2.05, 4.69) is 10.6 Å². The Kier molecular flexibility index (Phi) is 6.42. The molecule has 2 N–H and O–H groups in total. The van der Waals surface area contributed by atoms with E-state index in [1.54, 1.807) is 19.1 Å². The Labute approximate surface area is 176 Å². The smallest absolute Gasteiger partial charge is 0.246 e. The maximum Gasteiger partial charge on any atom is 0.246 e. The second kappa shape index (κ2) is 8.82. The molecule has 2 aromatic carbocycles. The van der Waals surface area contributed by atoms with E-state index < -0.39 is 6.04 Å². The Morgan fingerprint density at radius 1 is 1.28 bits per heavy atom. The Hall–Kier alpha value is -2.60. The van der Waals surface area contributed by atoms with Crippen molar-refractivity contribution >= 4 is 28.9 Å². The number of methoxy groups -OCH3 is 1. The van der Waals surface area contributed by atoms with Gasteiger partial charge in [0.15, 0.2) is 0 Å². The standard InChI is InChI=1S/C22H27ClN2O4/c1-6-28-21-9-15-8-13(3)29-19(15)11-18(21)24-14(4)22(26)25-17-7-12(2)16(23)10-20(17)27-5/h7,9-11,13-14,24H,6,8H2,1-5H3,(H,25,26). The number of hydrogen-bond donors (Lipinski definition) is 2. The van der Waals surface area contributed by atoms with Crippen LogP contribution in [0.5, 0.6) is 17.2 Å². The molecule has 0 saturated heterocycles. The summed E-state index contributed by atoms with van der Waals surface area (Å²) in [5, 5.41) is 6.73. The number of amides is 1. The minimum absolute atomic E-state index is 0.135. The zero-order chi connectivity index (χ0) is 21.1. The molecule has 0 saturated carbocycles. The highest BCUT2D eigenvalue weighted by Gasteiger charge is 2.24. The van der Waals surface area contributed by atoms with Crippen molar-refractivity contribution in [3.05, 3.63) is 40.4 Å². The topological polar surface area (TPSA) is 68.8 Å². The van der Waals surface area contributed by atoms with Crippen LogP contribution in [0.1, 0.15) is 31.9 Å². The van der Waals surface area contributed by atoms with E-state index in [0.29, 0.717) is 28.8 Å². The largest absolute Gasteiger partial charge is 0.495 e. The molecule has 0 aliphatic carbocycles. The van der Waals surface area contributed by atoms with E-state index in [1.807, 2.05) is 32.9 Å². The van der Waals surface area contributed by atoms with Crippen LogP contribution in [0.25, 0.3) is 0 Å². The second-order valence-corrected chi connectivity index (χ2v) is 7.59. The lowest BCUT2D eigenvalue weighted by Crippen LogP contribution is -2.32. The van der Waals surface area contributed by atoms with E-state index in [9.17, 15) is 4.79 Å². The van der Waals surface area contributed by atoms with E-state index in [1.165, 1.54) is 7.11 Å². The third-order valence-electron chi connectivity index (χ3n) is 4.80. The summed E-state index contributed by atoms with van der Waals surface area (Å²) in [6, 6.07) is 6.85. The zero-order valence-electron chi connectivity index (χ0n) is 17.4. The molecule has 29 heavy (non-hydrogen) atoms. The Balaban J connectivity index is 1.78. The predicted molar refractivity (Wildman–Crippen MR) is 116 cm³/mol. The molecule has 1 amide bonds. The van der Waals surface area contributed by atoms with Crippen LogP contribution in [0.4, 0.5) is 11.4 Å². The molecule has 2 atom stereocenters. The number of ether oxygens (including phenoxy) is 3. The molecule has 7 heteroatoms. The minimum Gasteiger partial charge on any atom is -0.495 e. The average Bonchev–Trinajstić information content (AvgIpc) is 3.03. The van der Waals surface area contributed by atoms with Crippen LogP contribution < -0.4 is 24.8 Å². The molecular formula is C22H27ClN2O4. The van der Waals surface area contributed by atoms with Crippen molar-refractivity contribution in [1.82, 2.24) is 0 Å². The molecule has 0 spiro atoms. The number of hydrogen-bond acceptors (Lipinski definition) is 5. The SMILES string of the molecule is CCOc1cc2c(cc1NC(C)C(=O)Nc1cc(C)c(Cl)cc1OC)OC(C)C2. The molecular weight excluding hydrogens is 392 g/mol. The van der Waals surface area contributed by atoms with Crippen molar-refractivity contribution in [2.45, 2.75) is 46.3 Å². The van der Waals surface area contributed by atoms with E-state index >= 15 is 0 Å². The molecule has 2 aromatic rings. The molecule has 156 valence electrons. The number of carbonyl (C=O) groups is 1. The summed E-state index contributed by atoms with van der Waals surface area (Å²) in [4.78, 5) is 12.8. The lowest BCUT2D eigenvalue weighted by Gasteiger charge is -2.20. The predicted octanol–water partition coefficient (Wildman–Crippen LogP) is 4.82. The fourth-order valence-corrected chi connectivity index (χ4v) is 3.45. The lowest BCUT2D eigenvalue weighted by molar-refractivity contribution is -0.116. The van der Waals surface area contributed by atoms with Gasteiger partial charge in [-0.1, -0.05) is 11.6 Å². The van der Waals surface area contributed by atoms with Gasteiger partial charge in [-0.25, -0.2) is 0 Å². The fraction of sp³-hybridized carbons (Fsp3) is 0.409. The molecule has 6 nitrogen and oxygen atoms in total. The van der Waals surface area contributed by atoms with Gasteiger partial charge in [0.05, 0.1) is 25.1 Å². The van der Waals surface area contributed by atoms with Crippen LogP contribution in [0.15, 0.2) is 24.3 Å². The summed E-state index contributed by atoms with van der Waals surface area (Å²) < 4.78 is 17.0. The first kappa shape index (κ1) is 21.1. The van der Waals surface area contributed by atoms with Crippen LogP contribution in [-0.2, 0) is 11.2 Å². The van der Waals surface area contributed by atoms with Gasteiger partial charge < -0.3 is 24.8 Å². The quantitative estimate of drug-likeness (QED) is 0.674. The highest BCUT2D eigenvalue weighted by Crippen LogP contribution is 2.38. The first-order valence-corrected chi connectivity index (χ1v) is 10.1. The number of anilines is 2. The highest BCUT2D eigenvalue weighted by molar-refractivity contribution is 6.31. The Morgan fingerprint density at radius 3 is 2.72 bits per heavy atom. The molecule has 1 aliphatic heterocycles. The number of benzene rings is 2. The van der Waals surface area contributed by atoms with Gasteiger partial charge in [0.25, 0.3) is 0 Å². The molecule has 0 radical (unpaired) electrons. The van der Waals surface area contributed by atoms with Crippen molar-refractivity contribution in [1.29, 1.82) is 0 Å². The minimum atomic E-state index is -0.522. The van der Waals surface area contributed by atoms with Crippen LogP contribution in [0.3, 0.4) is 0 Å². The summed E-state index contributed by atoms with van der Waals surface area (Å²) in [6.07, 6.45) is 0.984. The van der Waals surface area contributed by atoms with Gasteiger partial charge in [0.2, 0.25) is 5.91 Å². The third kappa shape index (κ3) is 4.70. The molecule has 0 fully saturated rings. The summed E-state index contributed by atoms with van der Waals surface area (Å²) in [5.41, 5.74) is 3.27. The van der Waals surface area contributed by atoms with Crippen molar-refractivity contribution in [3.63, 3.8) is 0 Å². The van der Waals surface area contributed by atoms with Gasteiger partial charge >= 0.3 is 0 Å². The van der Waals surface area contributed by atoms with Gasteiger partial charge in [-0.15, -0.1) is 0 Å². The fourth-order valence-electron chi connectivity index (χ4n) is 3.30. The Bertz CT molecular complexity index is 916. The summed E-state index contributed by atoms with van der Waals surface area (Å²) >= 11 is 6.14. The molecule has 2 unspecified atom stereocenters. The summed E-state index contributed by atoms with van der Waals surface area (Å²) in [7, 11) is 1.54. The third-order valence-corrected chi connectivity index (χ3v) is 5.21. The number of fused-ring (bicyclic) bond motifs is 1. The molecule has 0 aromatic heterocycles. The average molecular weight is 419 g/mol. The van der Waals surface area contributed by atoms with Crippen molar-refractivity contribution in [2.24, 2.45) is 0 Å². The summed E-state index contributed by atoms with van der Waals surface area (Å²) in [6.45, 7) is 8.16. The number of rotatable bonds is 7. The second-order valence-electron chi connectivity index (χ2n) is 7.18. The van der Waals surface area contributed by atoms with Gasteiger partial charge in [-0.3, -0.25) is 4.79 Å². The van der Waals surface area contributed by atoms with Gasteiger partial charge in [-0.2, -0.15) is 0 Å². The number of halogens is 1. The number of aryl methyl sites for hydroxylation is 1. The molecule has 1 heterocycles. The van der Waals surface area contributed by atoms with Gasteiger partial charge in [0.1, 0.15) is 29.4 Å². The Morgan fingerprint density at radius 2 is 2.03 bits per heavy atom. The molecule has 3 rings (SSSR count). The van der Waals surface area contributed by atoms with Gasteiger partial charge in [0, 0.05) is 29.1 Å². The van der Waals surface area contributed by atoms with Crippen LogP contribution >= 0.6 is 11.6 Å². The van der Waals surface area contributed by atoms with E-state index in [-0.39, 0.29) is 12.0 Å². The first-order chi connectivity index (χ1) is 13.8. The number of carbonyl (C=O) groups excluding carboxylic acids is 1. The van der Waals surface area contributed by atoms with E-state index in [0.717, 1.165) is 29.0 Å².